The molecule has 116 valence electrons. The third-order valence-electron chi connectivity index (χ3n) is 3.69. The Morgan fingerprint density at radius 3 is 2.73 bits per heavy atom. The monoisotopic (exact) mass is 364 g/mol. The van der Waals surface area contributed by atoms with Crippen LogP contribution in [0.5, 0.6) is 0 Å². The lowest BCUT2D eigenvalue weighted by atomic mass is 10.1. The van der Waals surface area contributed by atoms with Gasteiger partial charge in [0.25, 0.3) is 0 Å². The van der Waals surface area contributed by atoms with Crippen molar-refractivity contribution in [1.29, 1.82) is 0 Å². The van der Waals surface area contributed by atoms with Gasteiger partial charge in [-0.25, -0.2) is 9.48 Å². The first kappa shape index (κ1) is 15.2. The number of hydrogen-bond acceptors (Lipinski definition) is 4. The summed E-state index contributed by atoms with van der Waals surface area (Å²) in [5, 5.41) is 14.3. The summed E-state index contributed by atoms with van der Waals surface area (Å²) in [6.45, 7) is 1.96. The minimum atomic E-state index is -1.25. The number of aliphatic hydroxyl groups excluding tert-OH is 1. The number of aromatic nitrogens is 2. The second kappa shape index (κ2) is 6.22. The van der Waals surface area contributed by atoms with Gasteiger partial charge in [-0.15, -0.1) is 0 Å². The lowest BCUT2D eigenvalue weighted by Gasteiger charge is -2.12. The summed E-state index contributed by atoms with van der Waals surface area (Å²) in [6, 6.07) is 7.15. The quantitative estimate of drug-likeness (QED) is 0.827. The largest absolute Gasteiger partial charge is 0.464 e. The van der Waals surface area contributed by atoms with Crippen LogP contribution in [0, 0.1) is 0 Å². The van der Waals surface area contributed by atoms with Gasteiger partial charge in [-0.3, -0.25) is 0 Å². The number of carbonyl (C=O) groups excluding carboxylic acids is 1. The number of aliphatic hydroxyl groups is 1. The summed E-state index contributed by atoms with van der Waals surface area (Å²) in [7, 11) is 0. The van der Waals surface area contributed by atoms with Gasteiger partial charge in [-0.2, -0.15) is 5.10 Å². The Morgan fingerprint density at radius 1 is 1.45 bits per heavy atom. The molecular weight excluding hydrogens is 348 g/mol. The van der Waals surface area contributed by atoms with Gasteiger partial charge in [0.15, 0.2) is 6.10 Å². The van der Waals surface area contributed by atoms with Gasteiger partial charge >= 0.3 is 5.97 Å². The van der Waals surface area contributed by atoms with Gasteiger partial charge in [0.1, 0.15) is 0 Å². The normalized spacial score (nSPS) is 15.6. The lowest BCUT2D eigenvalue weighted by molar-refractivity contribution is -0.153. The summed E-state index contributed by atoms with van der Waals surface area (Å²) in [6.07, 6.45) is 2.92. The summed E-state index contributed by atoms with van der Waals surface area (Å²) >= 11 is 3.54. The van der Waals surface area contributed by atoms with Crippen LogP contribution in [0.4, 0.5) is 0 Å². The predicted molar refractivity (Wildman–Crippen MR) is 84.8 cm³/mol. The first-order valence-corrected chi connectivity index (χ1v) is 8.09. The molecule has 2 aromatic rings. The number of hydrogen-bond donors (Lipinski definition) is 1. The van der Waals surface area contributed by atoms with Gasteiger partial charge < -0.3 is 9.84 Å². The number of rotatable bonds is 5. The van der Waals surface area contributed by atoms with Crippen LogP contribution in [0.2, 0.25) is 0 Å². The van der Waals surface area contributed by atoms with Crippen LogP contribution in [-0.4, -0.2) is 27.5 Å². The van der Waals surface area contributed by atoms with Crippen molar-refractivity contribution in [1.82, 2.24) is 9.78 Å². The average Bonchev–Trinajstić information content (AvgIpc) is 3.29. The van der Waals surface area contributed by atoms with Gasteiger partial charge in [0.05, 0.1) is 28.7 Å². The number of esters is 1. The Morgan fingerprint density at radius 2 is 2.14 bits per heavy atom. The van der Waals surface area contributed by atoms with Gasteiger partial charge in [0, 0.05) is 5.92 Å². The Bertz CT molecular complexity index is 677. The Kier molecular flexibility index (Phi) is 4.31. The van der Waals surface area contributed by atoms with E-state index in [4.69, 9.17) is 4.74 Å². The molecule has 1 heterocycles. The number of ether oxygens (including phenoxy) is 1. The Balaban J connectivity index is 1.84. The topological polar surface area (TPSA) is 64.3 Å². The molecular formula is C16H17BrN2O3. The summed E-state index contributed by atoms with van der Waals surface area (Å²) in [4.78, 5) is 11.6. The van der Waals surface area contributed by atoms with Crippen molar-refractivity contribution in [3.63, 3.8) is 0 Å². The first-order valence-electron chi connectivity index (χ1n) is 7.30. The van der Waals surface area contributed by atoms with Crippen molar-refractivity contribution in [3.8, 4) is 5.69 Å². The molecule has 6 heteroatoms. The maximum absolute atomic E-state index is 11.6. The van der Waals surface area contributed by atoms with Crippen LogP contribution in [0.25, 0.3) is 5.69 Å². The Labute approximate surface area is 137 Å². The van der Waals surface area contributed by atoms with E-state index in [9.17, 15) is 9.90 Å². The number of halogens is 1. The fourth-order valence-corrected chi connectivity index (χ4v) is 3.01. The van der Waals surface area contributed by atoms with Crippen LogP contribution in [0.15, 0.2) is 34.9 Å². The van der Waals surface area contributed by atoms with Crippen LogP contribution in [-0.2, 0) is 9.53 Å². The molecule has 0 saturated heterocycles. The summed E-state index contributed by atoms with van der Waals surface area (Å²) < 4.78 is 7.75. The van der Waals surface area contributed by atoms with Gasteiger partial charge in [0.2, 0.25) is 0 Å². The maximum Gasteiger partial charge on any atom is 0.339 e. The van der Waals surface area contributed by atoms with Gasteiger partial charge in [-0.1, -0.05) is 12.1 Å². The highest BCUT2D eigenvalue weighted by Crippen LogP contribution is 2.43. The second-order valence-electron chi connectivity index (χ2n) is 5.31. The molecule has 1 atom stereocenters. The average molecular weight is 365 g/mol. The fraction of sp³-hybridized carbons (Fsp3) is 0.375. The minimum absolute atomic E-state index is 0.250. The van der Waals surface area contributed by atoms with Crippen molar-refractivity contribution in [3.05, 3.63) is 46.2 Å². The van der Waals surface area contributed by atoms with E-state index in [1.54, 1.807) is 25.3 Å². The molecule has 1 saturated carbocycles. The molecule has 0 amide bonds. The third kappa shape index (κ3) is 2.94. The highest BCUT2D eigenvalue weighted by atomic mass is 79.9. The van der Waals surface area contributed by atoms with E-state index in [1.165, 1.54) is 18.5 Å². The number of nitrogens with zero attached hydrogens (tertiary/aromatic N) is 2. The number of carbonyl (C=O) groups is 1. The smallest absolute Gasteiger partial charge is 0.339 e. The lowest BCUT2D eigenvalue weighted by Crippen LogP contribution is -2.15. The first-order chi connectivity index (χ1) is 10.6. The zero-order valence-electron chi connectivity index (χ0n) is 12.2. The van der Waals surface area contributed by atoms with E-state index in [0.29, 0.717) is 11.5 Å². The van der Waals surface area contributed by atoms with E-state index in [1.807, 2.05) is 16.8 Å². The number of benzene rings is 1. The highest BCUT2D eigenvalue weighted by Gasteiger charge is 2.30. The van der Waals surface area contributed by atoms with E-state index in [2.05, 4.69) is 21.0 Å². The highest BCUT2D eigenvalue weighted by molar-refractivity contribution is 9.10. The van der Waals surface area contributed by atoms with E-state index in [0.717, 1.165) is 10.2 Å². The molecule has 3 rings (SSSR count). The van der Waals surface area contributed by atoms with E-state index in [-0.39, 0.29) is 6.61 Å². The van der Waals surface area contributed by atoms with Crippen molar-refractivity contribution in [2.75, 3.05) is 6.61 Å². The van der Waals surface area contributed by atoms with Crippen molar-refractivity contribution < 1.29 is 14.6 Å². The molecule has 22 heavy (non-hydrogen) atoms. The van der Waals surface area contributed by atoms with Gasteiger partial charge in [-0.05, 0) is 53.4 Å². The molecule has 1 fully saturated rings. The Hall–Kier alpha value is -1.66. The molecule has 1 aliphatic rings. The van der Waals surface area contributed by atoms with E-state index >= 15 is 0 Å². The molecule has 1 aliphatic carbocycles. The van der Waals surface area contributed by atoms with Crippen molar-refractivity contribution in [2.45, 2.75) is 31.8 Å². The molecule has 5 nitrogen and oxygen atoms in total. The van der Waals surface area contributed by atoms with Crippen LogP contribution < -0.4 is 0 Å². The SMILES string of the molecule is CCOC(=O)C(O)c1ccc(-n2ncc(Br)c2C2CC2)cc1. The standard InChI is InChI=1S/C16H17BrN2O3/c1-2-22-16(21)15(20)11-5-7-12(8-6-11)19-14(10-3-4-10)13(17)9-18-19/h5-10,15,20H,2-4H2,1H3. The molecule has 0 radical (unpaired) electrons. The maximum atomic E-state index is 11.6. The molecule has 0 aliphatic heterocycles. The zero-order chi connectivity index (χ0) is 15.7. The van der Waals surface area contributed by atoms with Crippen LogP contribution in [0.3, 0.4) is 0 Å². The molecule has 1 N–H and O–H groups in total. The second-order valence-corrected chi connectivity index (χ2v) is 6.16. The molecule has 1 aromatic heterocycles. The van der Waals surface area contributed by atoms with Crippen molar-refractivity contribution >= 4 is 21.9 Å². The zero-order valence-corrected chi connectivity index (χ0v) is 13.8. The minimum Gasteiger partial charge on any atom is -0.464 e. The van der Waals surface area contributed by atoms with E-state index < -0.39 is 12.1 Å². The van der Waals surface area contributed by atoms with Crippen LogP contribution in [0.1, 0.15) is 43.0 Å². The fourth-order valence-electron chi connectivity index (χ4n) is 2.42. The van der Waals surface area contributed by atoms with Crippen molar-refractivity contribution in [2.24, 2.45) is 0 Å². The summed E-state index contributed by atoms with van der Waals surface area (Å²) in [5.74, 6) is -0.0718. The summed E-state index contributed by atoms with van der Waals surface area (Å²) in [5.41, 5.74) is 2.60. The molecule has 1 aromatic carbocycles. The predicted octanol–water partition coefficient (Wildman–Crippen LogP) is 3.11. The molecule has 1 unspecified atom stereocenters. The molecule has 0 spiro atoms. The third-order valence-corrected chi connectivity index (χ3v) is 4.30. The van der Waals surface area contributed by atoms with Crippen LogP contribution >= 0.6 is 15.9 Å². The molecule has 0 bridgehead atoms.